The Kier molecular flexibility index (Phi) is 8.62. The van der Waals surface area contributed by atoms with Gasteiger partial charge >= 0.3 is 21.1 Å². The van der Waals surface area contributed by atoms with E-state index >= 15 is 0 Å². The summed E-state index contributed by atoms with van der Waals surface area (Å²) in [5.74, 6) is 0.497. The molecule has 0 spiro atoms. The Balaban J connectivity index is 0.00000397. The van der Waals surface area contributed by atoms with Crippen molar-refractivity contribution in [1.29, 1.82) is 5.26 Å². The molecule has 4 heterocycles. The van der Waals surface area contributed by atoms with Crippen LogP contribution in [0.2, 0.25) is 0 Å². The van der Waals surface area contributed by atoms with Crippen molar-refractivity contribution in [2.24, 2.45) is 0 Å². The van der Waals surface area contributed by atoms with E-state index in [9.17, 15) is 5.26 Å². The maximum Gasteiger partial charge on any atom is 4.00 e. The monoisotopic (exact) mass is 889 g/mol. The molecule has 0 fully saturated rings. The minimum absolute atomic E-state index is 0. The molecule has 8 aromatic rings. The Morgan fingerprint density at radius 3 is 1.45 bits per heavy atom. The van der Waals surface area contributed by atoms with Crippen LogP contribution in [0.4, 0.5) is 11.4 Å². The van der Waals surface area contributed by atoms with Crippen LogP contribution in [0, 0.1) is 43.4 Å². The summed E-state index contributed by atoms with van der Waals surface area (Å²) < 4.78 is 4.55. The van der Waals surface area contributed by atoms with E-state index in [1.807, 2.05) is 57.5 Å². The van der Waals surface area contributed by atoms with Crippen molar-refractivity contribution < 1.29 is 21.1 Å². The van der Waals surface area contributed by atoms with E-state index in [1.165, 1.54) is 21.5 Å². The van der Waals surface area contributed by atoms with Crippen LogP contribution in [0.1, 0.15) is 0 Å². The van der Waals surface area contributed by atoms with Gasteiger partial charge in [-0.3, -0.25) is 0 Å². The number of aromatic nitrogens is 2. The number of benzene rings is 6. The predicted molar refractivity (Wildman–Crippen MR) is 215 cm³/mol. The third kappa shape index (κ3) is 5.71. The predicted octanol–water partition coefficient (Wildman–Crippen LogP) is 9.74. The minimum Gasteiger partial charge on any atom is -0.499 e. The Hall–Kier alpha value is -6.73. The van der Waals surface area contributed by atoms with Gasteiger partial charge in [-0.15, -0.1) is 35.6 Å². The molecule has 264 valence electrons. The number of allylic oxidation sites excluding steroid dienone is 1. The molecule has 2 aliphatic rings. The Morgan fingerprint density at radius 2 is 1.00 bits per heavy atom. The van der Waals surface area contributed by atoms with Crippen LogP contribution >= 0.6 is 0 Å². The average molecular weight is 890 g/mol. The van der Waals surface area contributed by atoms with Crippen molar-refractivity contribution in [3.63, 3.8) is 0 Å². The summed E-state index contributed by atoms with van der Waals surface area (Å²) in [7, 11) is 0. The normalized spacial score (nSPS) is 14.1. The van der Waals surface area contributed by atoms with Crippen molar-refractivity contribution in [3.8, 4) is 17.4 Å². The van der Waals surface area contributed by atoms with E-state index in [-0.39, 0.29) is 21.1 Å². The largest absolute Gasteiger partial charge is 4.00 e. The maximum absolute atomic E-state index is 10.1. The van der Waals surface area contributed by atoms with Crippen LogP contribution in [0.15, 0.2) is 157 Å². The Labute approximate surface area is 333 Å². The standard InChI is InChI=1S/C46H30N8.Pt/c1-48-46-30-52(34-13-11-15-36(27-34)54-44-22-8-4-18-40(44)41-19-5-9-23-45(41)54)32-50(46)25-24-49-31-51(29-37(49)28-47)33-12-10-14-35(26-33)53-42-20-6-2-16-38(42)39-17-3-7-21-43(39)53;/h2-11,14-23,26-27,29-32H,24-25H2;/q-4;+4. The fraction of sp³-hybridized carbons (Fsp3) is 0.0435. The van der Waals surface area contributed by atoms with Crippen molar-refractivity contribution in [1.82, 2.24) is 18.9 Å². The summed E-state index contributed by atoms with van der Waals surface area (Å²) >= 11 is 0. The Bertz CT molecular complexity index is 2620. The topological polar surface area (TPSA) is 51.0 Å². The van der Waals surface area contributed by atoms with Crippen LogP contribution < -0.4 is 9.80 Å². The number of nitriles is 1. The van der Waals surface area contributed by atoms with E-state index in [0.717, 1.165) is 44.8 Å². The van der Waals surface area contributed by atoms with E-state index in [2.05, 4.69) is 154 Å². The zero-order valence-corrected chi connectivity index (χ0v) is 31.6. The van der Waals surface area contributed by atoms with E-state index in [1.54, 1.807) is 0 Å². The third-order valence-electron chi connectivity index (χ3n) is 10.2. The SMILES string of the molecule is [C-]#[N+]C1=CN(c2[c-]ccc(-n3c4ccccc4c4ccccc43)c2)[CH-]N1CCN1[CH-]N(c2[c-]ccc(-n3c4ccccc4c4ccccc43)c2)C=C1C#N.[Pt+4]. The fourth-order valence-corrected chi connectivity index (χ4v) is 7.77. The quantitative estimate of drug-likeness (QED) is 0.149. The van der Waals surface area contributed by atoms with Gasteiger partial charge in [0.15, 0.2) is 0 Å². The van der Waals surface area contributed by atoms with Gasteiger partial charge in [-0.25, -0.2) is 0 Å². The van der Waals surface area contributed by atoms with E-state index in [0.29, 0.717) is 24.6 Å². The van der Waals surface area contributed by atoms with Crippen LogP contribution in [0.3, 0.4) is 0 Å². The third-order valence-corrected chi connectivity index (χ3v) is 10.2. The minimum atomic E-state index is 0. The second-order valence-electron chi connectivity index (χ2n) is 13.3. The van der Waals surface area contributed by atoms with Gasteiger partial charge < -0.3 is 33.6 Å². The molecule has 0 amide bonds. The van der Waals surface area contributed by atoms with Gasteiger partial charge in [0, 0.05) is 34.3 Å². The van der Waals surface area contributed by atoms with Crippen molar-refractivity contribution in [2.45, 2.75) is 0 Å². The number of anilines is 2. The van der Waals surface area contributed by atoms with E-state index < -0.39 is 0 Å². The zero-order valence-electron chi connectivity index (χ0n) is 29.3. The molecular formula is C46H30N8Pt. The van der Waals surface area contributed by atoms with Crippen LogP contribution in [0.25, 0.3) is 59.8 Å². The average Bonchev–Trinajstić information content (AvgIpc) is 4.01. The smallest absolute Gasteiger partial charge is 0.499 e. The molecule has 0 bridgehead atoms. The van der Waals surface area contributed by atoms with Crippen molar-refractivity contribution >= 4 is 55.0 Å². The van der Waals surface area contributed by atoms with E-state index in [4.69, 9.17) is 6.57 Å². The van der Waals surface area contributed by atoms with Gasteiger partial charge in [0.05, 0.1) is 28.6 Å². The summed E-state index contributed by atoms with van der Waals surface area (Å²) in [6.45, 7) is 12.8. The first-order chi connectivity index (χ1) is 26.7. The Morgan fingerprint density at radius 1 is 0.582 bits per heavy atom. The molecule has 0 saturated heterocycles. The van der Waals surface area contributed by atoms with Gasteiger partial charge in [0.25, 0.3) is 0 Å². The van der Waals surface area contributed by atoms with Gasteiger partial charge in [-0.2, -0.15) is 36.2 Å². The summed E-state index contributed by atoms with van der Waals surface area (Å²) in [5.41, 5.74) is 8.72. The first kappa shape index (κ1) is 34.1. The molecule has 9 heteroatoms. The molecule has 2 aromatic heterocycles. The first-order valence-corrected chi connectivity index (χ1v) is 17.7. The number of fused-ring (bicyclic) bond motifs is 6. The fourth-order valence-electron chi connectivity index (χ4n) is 7.77. The first-order valence-electron chi connectivity index (χ1n) is 17.7. The molecule has 6 aromatic carbocycles. The number of rotatable bonds is 7. The maximum atomic E-state index is 10.1. The van der Waals surface area contributed by atoms with Gasteiger partial charge in [0.1, 0.15) is 11.8 Å². The molecule has 55 heavy (non-hydrogen) atoms. The molecule has 0 atom stereocenters. The summed E-state index contributed by atoms with van der Waals surface area (Å²) in [5, 5.41) is 14.9. The van der Waals surface area contributed by atoms with Crippen molar-refractivity contribution in [2.75, 3.05) is 22.9 Å². The number of hydrogen-bond donors (Lipinski definition) is 0. The van der Waals surface area contributed by atoms with Gasteiger partial charge in [-0.05, 0) is 30.5 Å². The van der Waals surface area contributed by atoms with Crippen molar-refractivity contribution in [3.05, 3.63) is 194 Å². The number of hydrogen-bond acceptors (Lipinski definition) is 5. The van der Waals surface area contributed by atoms with Crippen LogP contribution in [-0.2, 0) is 21.1 Å². The molecule has 10 rings (SSSR count). The zero-order chi connectivity index (χ0) is 36.2. The molecule has 0 unspecified atom stereocenters. The molecule has 2 aliphatic heterocycles. The second-order valence-corrected chi connectivity index (χ2v) is 13.3. The molecule has 0 N–H and O–H groups in total. The summed E-state index contributed by atoms with van der Waals surface area (Å²) in [6.07, 6.45) is 3.67. The molecule has 0 aliphatic carbocycles. The van der Waals surface area contributed by atoms with Gasteiger partial charge in [-0.1, -0.05) is 97.4 Å². The number of para-hydroxylation sites is 4. The molecular weight excluding hydrogens is 860 g/mol. The van der Waals surface area contributed by atoms with Crippen LogP contribution in [0.5, 0.6) is 0 Å². The summed E-state index contributed by atoms with van der Waals surface area (Å²) in [4.78, 5) is 11.6. The van der Waals surface area contributed by atoms with Gasteiger partial charge in [0.2, 0.25) is 5.82 Å². The second kappa shape index (κ2) is 13.9. The number of nitrogens with zero attached hydrogens (tertiary/aromatic N) is 8. The summed E-state index contributed by atoms with van der Waals surface area (Å²) in [6, 6.07) is 55.1. The molecule has 0 saturated carbocycles. The molecule has 8 nitrogen and oxygen atoms in total. The van der Waals surface area contributed by atoms with Crippen LogP contribution in [-0.4, -0.2) is 32.0 Å². The molecule has 0 radical (unpaired) electrons.